The van der Waals surface area contributed by atoms with Crippen molar-refractivity contribution in [2.75, 3.05) is 4.90 Å². The van der Waals surface area contributed by atoms with Crippen LogP contribution in [0.3, 0.4) is 0 Å². The van der Waals surface area contributed by atoms with Gasteiger partial charge >= 0.3 is 0 Å². The predicted molar refractivity (Wildman–Crippen MR) is 136 cm³/mol. The number of halogens is 2. The minimum atomic E-state index is -1.01. The summed E-state index contributed by atoms with van der Waals surface area (Å²) >= 11 is 13.4. The predicted octanol–water partition coefficient (Wildman–Crippen LogP) is 6.22. The molecular formula is C25H25Cl2N3O3S. The van der Waals surface area contributed by atoms with E-state index < -0.39 is 11.9 Å². The Morgan fingerprint density at radius 2 is 1.79 bits per heavy atom. The molecule has 34 heavy (non-hydrogen) atoms. The van der Waals surface area contributed by atoms with Crippen LogP contribution in [0.5, 0.6) is 5.75 Å². The number of rotatable bonds is 6. The molecular weight excluding hydrogens is 493 g/mol. The zero-order chi connectivity index (χ0) is 24.4. The van der Waals surface area contributed by atoms with Crippen LogP contribution >= 0.6 is 34.7 Å². The second-order valence-electron chi connectivity index (χ2n) is 8.50. The van der Waals surface area contributed by atoms with Gasteiger partial charge in [0.05, 0.1) is 0 Å². The van der Waals surface area contributed by atoms with Gasteiger partial charge in [-0.05, 0) is 73.1 Å². The summed E-state index contributed by atoms with van der Waals surface area (Å²) in [5.74, 6) is -0.761. The topological polar surface area (TPSA) is 82.5 Å². The number of aryl methyl sites for hydroxylation is 1. The van der Waals surface area contributed by atoms with Crippen molar-refractivity contribution in [1.29, 1.82) is 0 Å². The maximum atomic E-state index is 14.0. The fourth-order valence-corrected chi connectivity index (χ4v) is 5.28. The zero-order valence-electron chi connectivity index (χ0n) is 18.8. The third-order valence-electron chi connectivity index (χ3n) is 6.27. The lowest BCUT2D eigenvalue weighted by Crippen LogP contribution is -2.46. The van der Waals surface area contributed by atoms with Crippen molar-refractivity contribution in [3.63, 3.8) is 0 Å². The lowest BCUT2D eigenvalue weighted by molar-refractivity contribution is -0.123. The van der Waals surface area contributed by atoms with Gasteiger partial charge in [-0.25, -0.2) is 0 Å². The van der Waals surface area contributed by atoms with Gasteiger partial charge in [0, 0.05) is 11.7 Å². The average Bonchev–Trinajstić information content (AvgIpc) is 3.44. The number of carbonyl (C=O) groups excluding carboxylic acids is 2. The number of nitrogens with one attached hydrogen (secondary N) is 1. The molecule has 1 aliphatic rings. The molecule has 1 fully saturated rings. The molecule has 0 spiro atoms. The standard InChI is InChI=1S/C25H25Cl2N3O3S/c1-14-6-5-9-19(15(14)2)30(25(33)21-20(26)23(27)34-29-21)22(16-10-12-18(31)13-11-16)24(32)28-17-7-3-4-8-17/h5-6,9-13,17,22,31H,3-4,7-8H2,1-2H3,(H,28,32)/t22-/m1/s1. The molecule has 0 aliphatic heterocycles. The Morgan fingerprint density at radius 3 is 2.41 bits per heavy atom. The number of aromatic hydroxyl groups is 1. The lowest BCUT2D eigenvalue weighted by Gasteiger charge is -2.33. The SMILES string of the molecule is Cc1cccc(N(C(=O)c2nsc(Cl)c2Cl)[C@@H](C(=O)NC2CCCC2)c2ccc(O)cc2)c1C. The van der Waals surface area contributed by atoms with Crippen molar-refractivity contribution in [2.24, 2.45) is 0 Å². The smallest absolute Gasteiger partial charge is 0.280 e. The molecule has 0 radical (unpaired) electrons. The van der Waals surface area contributed by atoms with E-state index in [4.69, 9.17) is 23.2 Å². The number of benzene rings is 2. The number of amides is 2. The van der Waals surface area contributed by atoms with E-state index in [9.17, 15) is 14.7 Å². The number of aromatic nitrogens is 1. The van der Waals surface area contributed by atoms with E-state index in [0.717, 1.165) is 48.3 Å². The van der Waals surface area contributed by atoms with Crippen LogP contribution in [-0.2, 0) is 4.79 Å². The van der Waals surface area contributed by atoms with Crippen LogP contribution < -0.4 is 10.2 Å². The van der Waals surface area contributed by atoms with Crippen molar-refractivity contribution in [1.82, 2.24) is 9.69 Å². The molecule has 2 amide bonds. The average molecular weight is 518 g/mol. The fraction of sp³-hybridized carbons (Fsp3) is 0.320. The first-order valence-corrected chi connectivity index (χ1v) is 12.6. The Labute approximate surface area is 212 Å². The normalized spacial score (nSPS) is 14.7. The Morgan fingerprint density at radius 1 is 1.12 bits per heavy atom. The fourth-order valence-electron chi connectivity index (χ4n) is 4.29. The van der Waals surface area contributed by atoms with Crippen LogP contribution in [0.2, 0.25) is 9.36 Å². The number of phenolic OH excluding ortho intramolecular Hbond substituents is 1. The van der Waals surface area contributed by atoms with Crippen molar-refractivity contribution in [3.05, 3.63) is 74.2 Å². The molecule has 9 heteroatoms. The third-order valence-corrected chi connectivity index (χ3v) is 7.88. The molecule has 0 bridgehead atoms. The van der Waals surface area contributed by atoms with Crippen molar-refractivity contribution in [2.45, 2.75) is 51.6 Å². The highest BCUT2D eigenvalue weighted by molar-refractivity contribution is 7.11. The van der Waals surface area contributed by atoms with Gasteiger partial charge in [0.15, 0.2) is 5.69 Å². The van der Waals surface area contributed by atoms with Crippen LogP contribution in [0.1, 0.15) is 58.9 Å². The number of phenols is 1. The van der Waals surface area contributed by atoms with E-state index in [2.05, 4.69) is 9.69 Å². The van der Waals surface area contributed by atoms with E-state index >= 15 is 0 Å². The number of hydrogen-bond donors (Lipinski definition) is 2. The van der Waals surface area contributed by atoms with Gasteiger partial charge < -0.3 is 10.4 Å². The van der Waals surface area contributed by atoms with Crippen LogP contribution in [0, 0.1) is 13.8 Å². The molecule has 0 unspecified atom stereocenters. The molecule has 2 N–H and O–H groups in total. The molecule has 1 saturated carbocycles. The summed E-state index contributed by atoms with van der Waals surface area (Å²) in [6.45, 7) is 3.85. The monoisotopic (exact) mass is 517 g/mol. The van der Waals surface area contributed by atoms with E-state index in [1.54, 1.807) is 18.2 Å². The molecule has 178 valence electrons. The summed E-state index contributed by atoms with van der Waals surface area (Å²) in [6.07, 6.45) is 3.92. The summed E-state index contributed by atoms with van der Waals surface area (Å²) in [5.41, 5.74) is 2.95. The van der Waals surface area contributed by atoms with Gasteiger partial charge in [-0.3, -0.25) is 14.5 Å². The minimum absolute atomic E-state index is 0.00461. The summed E-state index contributed by atoms with van der Waals surface area (Å²) < 4.78 is 4.39. The highest BCUT2D eigenvalue weighted by Gasteiger charge is 2.37. The van der Waals surface area contributed by atoms with Crippen molar-refractivity contribution in [3.8, 4) is 5.75 Å². The van der Waals surface area contributed by atoms with E-state index in [1.165, 1.54) is 17.0 Å². The van der Waals surface area contributed by atoms with Gasteiger partial charge in [0.25, 0.3) is 5.91 Å². The first kappa shape index (κ1) is 24.5. The molecule has 1 aromatic heterocycles. The molecule has 4 rings (SSSR count). The van der Waals surface area contributed by atoms with Crippen LogP contribution in [0.15, 0.2) is 42.5 Å². The summed E-state index contributed by atoms with van der Waals surface area (Å²) in [4.78, 5) is 29.2. The zero-order valence-corrected chi connectivity index (χ0v) is 21.2. The van der Waals surface area contributed by atoms with Gasteiger partial charge in [-0.1, -0.05) is 60.3 Å². The number of carbonyl (C=O) groups is 2. The maximum Gasteiger partial charge on any atom is 0.280 e. The van der Waals surface area contributed by atoms with Gasteiger partial charge in [0.1, 0.15) is 21.2 Å². The van der Waals surface area contributed by atoms with Gasteiger partial charge in [-0.15, -0.1) is 0 Å². The number of nitrogens with zero attached hydrogens (tertiary/aromatic N) is 2. The first-order chi connectivity index (χ1) is 16.3. The third kappa shape index (κ3) is 4.92. The van der Waals surface area contributed by atoms with Crippen LogP contribution in [0.25, 0.3) is 0 Å². The second-order valence-corrected chi connectivity index (χ2v) is 10.3. The van der Waals surface area contributed by atoms with Gasteiger partial charge in [-0.2, -0.15) is 4.37 Å². The Hall–Kier alpha value is -2.61. The molecule has 1 heterocycles. The first-order valence-electron chi connectivity index (χ1n) is 11.1. The molecule has 0 saturated heterocycles. The summed E-state index contributed by atoms with van der Waals surface area (Å²) in [6, 6.07) is 10.9. The minimum Gasteiger partial charge on any atom is -0.508 e. The Bertz CT molecular complexity index is 1210. The largest absolute Gasteiger partial charge is 0.508 e. The van der Waals surface area contributed by atoms with E-state index in [-0.39, 0.29) is 32.8 Å². The quantitative estimate of drug-likeness (QED) is 0.406. The molecule has 6 nitrogen and oxygen atoms in total. The summed E-state index contributed by atoms with van der Waals surface area (Å²) in [7, 11) is 0. The highest BCUT2D eigenvalue weighted by atomic mass is 35.5. The number of hydrogen-bond acceptors (Lipinski definition) is 5. The van der Waals surface area contributed by atoms with Crippen molar-refractivity contribution >= 4 is 52.2 Å². The van der Waals surface area contributed by atoms with Gasteiger partial charge in [0.2, 0.25) is 5.91 Å². The molecule has 2 aromatic carbocycles. The highest BCUT2D eigenvalue weighted by Crippen LogP contribution is 2.37. The summed E-state index contributed by atoms with van der Waals surface area (Å²) in [5, 5.41) is 13.0. The number of anilines is 1. The van der Waals surface area contributed by atoms with Crippen molar-refractivity contribution < 1.29 is 14.7 Å². The molecule has 1 aliphatic carbocycles. The van der Waals surface area contributed by atoms with E-state index in [1.807, 2.05) is 26.0 Å². The Kier molecular flexibility index (Phi) is 7.45. The van der Waals surface area contributed by atoms with E-state index in [0.29, 0.717) is 11.3 Å². The lowest BCUT2D eigenvalue weighted by atomic mass is 9.99. The Balaban J connectivity index is 1.88. The molecule has 1 atom stereocenters. The van der Waals surface area contributed by atoms with Crippen LogP contribution in [0.4, 0.5) is 5.69 Å². The van der Waals surface area contributed by atoms with Crippen LogP contribution in [-0.4, -0.2) is 27.3 Å². The maximum absolute atomic E-state index is 14.0. The second kappa shape index (κ2) is 10.3. The molecule has 3 aromatic rings.